The van der Waals surface area contributed by atoms with Crippen molar-refractivity contribution in [3.63, 3.8) is 0 Å². The van der Waals surface area contributed by atoms with Gasteiger partial charge in [0, 0.05) is 13.1 Å². The summed E-state index contributed by atoms with van der Waals surface area (Å²) in [5.41, 5.74) is 1.98. The zero-order valence-corrected chi connectivity index (χ0v) is 11.0. The topological polar surface area (TPSA) is 36.4 Å². The maximum absolute atomic E-state index is 9.49. The first-order chi connectivity index (χ1) is 8.72. The van der Waals surface area contributed by atoms with Gasteiger partial charge in [0.2, 0.25) is 0 Å². The summed E-state index contributed by atoms with van der Waals surface area (Å²) < 4.78 is 0. The molecule has 18 heavy (non-hydrogen) atoms. The van der Waals surface area contributed by atoms with Crippen LogP contribution in [0, 0.1) is 11.8 Å². The SMILES string of the molecule is C[C@@H](O)c1ccc(N(CC2CC2)CC2CC2)cn1. The number of nitrogens with zero attached hydrogens (tertiary/aromatic N) is 2. The third-order valence-corrected chi connectivity index (χ3v) is 3.91. The van der Waals surface area contributed by atoms with Crippen molar-refractivity contribution in [3.05, 3.63) is 24.0 Å². The van der Waals surface area contributed by atoms with Crippen LogP contribution in [0.3, 0.4) is 0 Å². The van der Waals surface area contributed by atoms with E-state index in [0.29, 0.717) is 0 Å². The largest absolute Gasteiger partial charge is 0.387 e. The van der Waals surface area contributed by atoms with E-state index in [1.165, 1.54) is 44.5 Å². The summed E-state index contributed by atoms with van der Waals surface area (Å²) in [6.45, 7) is 4.13. The lowest BCUT2D eigenvalue weighted by Gasteiger charge is -2.24. The van der Waals surface area contributed by atoms with Gasteiger partial charge in [-0.05, 0) is 56.6 Å². The Balaban J connectivity index is 1.70. The van der Waals surface area contributed by atoms with E-state index in [9.17, 15) is 5.11 Å². The predicted molar refractivity (Wildman–Crippen MR) is 72.5 cm³/mol. The highest BCUT2D eigenvalue weighted by Crippen LogP contribution is 2.35. The van der Waals surface area contributed by atoms with Gasteiger partial charge < -0.3 is 10.0 Å². The number of aliphatic hydroxyl groups excluding tert-OH is 1. The van der Waals surface area contributed by atoms with Crippen LogP contribution >= 0.6 is 0 Å². The van der Waals surface area contributed by atoms with Crippen molar-refractivity contribution in [3.8, 4) is 0 Å². The molecule has 2 fully saturated rings. The van der Waals surface area contributed by atoms with Gasteiger partial charge in [-0.25, -0.2) is 0 Å². The van der Waals surface area contributed by atoms with Crippen molar-refractivity contribution >= 4 is 5.69 Å². The molecule has 2 aliphatic carbocycles. The highest BCUT2D eigenvalue weighted by molar-refractivity contribution is 5.45. The molecule has 3 heteroatoms. The molecule has 1 aromatic heterocycles. The van der Waals surface area contributed by atoms with Gasteiger partial charge in [-0.2, -0.15) is 0 Å². The van der Waals surface area contributed by atoms with E-state index < -0.39 is 6.10 Å². The Morgan fingerprint density at radius 3 is 2.22 bits per heavy atom. The summed E-state index contributed by atoms with van der Waals surface area (Å²) in [6, 6.07) is 4.06. The number of hydrogen-bond donors (Lipinski definition) is 1. The Morgan fingerprint density at radius 2 is 1.83 bits per heavy atom. The predicted octanol–water partition coefficient (Wildman–Crippen LogP) is 2.76. The summed E-state index contributed by atoms with van der Waals surface area (Å²) in [4.78, 5) is 6.86. The zero-order valence-electron chi connectivity index (χ0n) is 11.0. The summed E-state index contributed by atoms with van der Waals surface area (Å²) in [7, 11) is 0. The van der Waals surface area contributed by atoms with Gasteiger partial charge in [-0.3, -0.25) is 4.98 Å². The molecule has 1 aromatic rings. The maximum atomic E-state index is 9.49. The van der Waals surface area contributed by atoms with Crippen molar-refractivity contribution in [1.29, 1.82) is 0 Å². The molecule has 0 aromatic carbocycles. The lowest BCUT2D eigenvalue weighted by Crippen LogP contribution is -2.28. The number of aliphatic hydroxyl groups is 1. The van der Waals surface area contributed by atoms with Crippen LogP contribution in [0.25, 0.3) is 0 Å². The summed E-state index contributed by atoms with van der Waals surface area (Å²) in [5.74, 6) is 1.81. The number of aromatic nitrogens is 1. The van der Waals surface area contributed by atoms with Crippen LogP contribution in [-0.2, 0) is 0 Å². The van der Waals surface area contributed by atoms with Crippen LogP contribution in [0.2, 0.25) is 0 Å². The molecular weight excluding hydrogens is 224 g/mol. The fraction of sp³-hybridized carbons (Fsp3) is 0.667. The molecule has 0 amide bonds. The lowest BCUT2D eigenvalue weighted by atomic mass is 10.2. The minimum absolute atomic E-state index is 0.473. The standard InChI is InChI=1S/C15H22N2O/c1-11(18)15-7-6-14(8-16-15)17(9-12-2-3-12)10-13-4-5-13/h6-8,11-13,18H,2-5,9-10H2,1H3/t11-/m1/s1. The van der Waals surface area contributed by atoms with Crippen LogP contribution in [0.5, 0.6) is 0 Å². The van der Waals surface area contributed by atoms with Crippen molar-refractivity contribution in [1.82, 2.24) is 4.98 Å². The fourth-order valence-electron chi connectivity index (χ4n) is 2.34. The van der Waals surface area contributed by atoms with Gasteiger partial charge in [0.25, 0.3) is 0 Å². The first-order valence-electron chi connectivity index (χ1n) is 7.11. The molecule has 0 unspecified atom stereocenters. The van der Waals surface area contributed by atoms with Crippen molar-refractivity contribution in [2.75, 3.05) is 18.0 Å². The van der Waals surface area contributed by atoms with Crippen LogP contribution in [-0.4, -0.2) is 23.2 Å². The first-order valence-corrected chi connectivity index (χ1v) is 7.11. The molecule has 0 spiro atoms. The van der Waals surface area contributed by atoms with Crippen LogP contribution in [0.15, 0.2) is 18.3 Å². The van der Waals surface area contributed by atoms with E-state index in [0.717, 1.165) is 17.5 Å². The minimum Gasteiger partial charge on any atom is -0.387 e. The van der Waals surface area contributed by atoms with E-state index in [1.807, 2.05) is 12.3 Å². The van der Waals surface area contributed by atoms with Crippen molar-refractivity contribution < 1.29 is 5.11 Å². The average molecular weight is 246 g/mol. The molecular formula is C15H22N2O. The summed E-state index contributed by atoms with van der Waals surface area (Å²) >= 11 is 0. The number of pyridine rings is 1. The summed E-state index contributed by atoms with van der Waals surface area (Å²) in [6.07, 6.45) is 7.01. The molecule has 3 rings (SSSR count). The molecule has 0 saturated heterocycles. The smallest absolute Gasteiger partial charge is 0.0931 e. The van der Waals surface area contributed by atoms with Crippen LogP contribution in [0.4, 0.5) is 5.69 Å². The fourth-order valence-corrected chi connectivity index (χ4v) is 2.34. The van der Waals surface area contributed by atoms with E-state index in [2.05, 4.69) is 16.0 Å². The van der Waals surface area contributed by atoms with Gasteiger partial charge in [0.15, 0.2) is 0 Å². The Hall–Kier alpha value is -1.09. The lowest BCUT2D eigenvalue weighted by molar-refractivity contribution is 0.194. The molecule has 1 heterocycles. The average Bonchev–Trinajstić information content (AvgIpc) is 3.23. The van der Waals surface area contributed by atoms with E-state index in [-0.39, 0.29) is 0 Å². The highest BCUT2D eigenvalue weighted by atomic mass is 16.3. The minimum atomic E-state index is -0.473. The molecule has 1 atom stereocenters. The molecule has 98 valence electrons. The first kappa shape index (κ1) is 12.0. The van der Waals surface area contributed by atoms with Crippen LogP contribution < -0.4 is 4.90 Å². The van der Waals surface area contributed by atoms with Crippen molar-refractivity contribution in [2.24, 2.45) is 11.8 Å². The second-order valence-corrected chi connectivity index (χ2v) is 5.91. The Labute approximate surface area is 109 Å². The zero-order chi connectivity index (χ0) is 12.5. The third-order valence-electron chi connectivity index (χ3n) is 3.91. The number of anilines is 1. The molecule has 1 N–H and O–H groups in total. The Morgan fingerprint density at radius 1 is 1.22 bits per heavy atom. The second-order valence-electron chi connectivity index (χ2n) is 5.91. The van der Waals surface area contributed by atoms with Gasteiger partial charge in [-0.15, -0.1) is 0 Å². The molecule has 3 nitrogen and oxygen atoms in total. The monoisotopic (exact) mass is 246 g/mol. The van der Waals surface area contributed by atoms with Gasteiger partial charge in [-0.1, -0.05) is 0 Å². The Bertz CT molecular complexity index is 379. The van der Waals surface area contributed by atoms with Gasteiger partial charge >= 0.3 is 0 Å². The van der Waals surface area contributed by atoms with E-state index >= 15 is 0 Å². The quantitative estimate of drug-likeness (QED) is 0.838. The second kappa shape index (κ2) is 4.88. The summed E-state index contributed by atoms with van der Waals surface area (Å²) in [5, 5.41) is 9.49. The number of hydrogen-bond acceptors (Lipinski definition) is 3. The van der Waals surface area contributed by atoms with E-state index in [4.69, 9.17) is 0 Å². The van der Waals surface area contributed by atoms with Crippen LogP contribution in [0.1, 0.15) is 44.4 Å². The third kappa shape index (κ3) is 3.02. The maximum Gasteiger partial charge on any atom is 0.0931 e. The van der Waals surface area contributed by atoms with E-state index in [1.54, 1.807) is 6.92 Å². The normalized spacial score (nSPS) is 20.8. The van der Waals surface area contributed by atoms with Gasteiger partial charge in [0.05, 0.1) is 23.7 Å². The molecule has 2 saturated carbocycles. The highest BCUT2D eigenvalue weighted by Gasteiger charge is 2.29. The molecule has 0 aliphatic heterocycles. The van der Waals surface area contributed by atoms with Crippen molar-refractivity contribution in [2.45, 2.75) is 38.7 Å². The molecule has 0 radical (unpaired) electrons. The Kier molecular flexibility index (Phi) is 3.25. The molecule has 2 aliphatic rings. The number of rotatable bonds is 6. The molecule has 0 bridgehead atoms. The van der Waals surface area contributed by atoms with Gasteiger partial charge in [0.1, 0.15) is 0 Å².